The Labute approximate surface area is 106 Å². The summed E-state index contributed by atoms with van der Waals surface area (Å²) in [7, 11) is 1.62. The SMILES string of the molecule is CCCC(N)c1noc(-c2cccc(OC)c2)n1. The van der Waals surface area contributed by atoms with Gasteiger partial charge >= 0.3 is 0 Å². The topological polar surface area (TPSA) is 74.2 Å². The average Bonchev–Trinajstić information content (AvgIpc) is 2.89. The Kier molecular flexibility index (Phi) is 3.94. The highest BCUT2D eigenvalue weighted by Gasteiger charge is 2.14. The van der Waals surface area contributed by atoms with Crippen LogP contribution < -0.4 is 10.5 Å². The van der Waals surface area contributed by atoms with Crippen LogP contribution in [0.25, 0.3) is 11.5 Å². The van der Waals surface area contributed by atoms with Gasteiger partial charge in [0.1, 0.15) is 5.75 Å². The summed E-state index contributed by atoms with van der Waals surface area (Å²) in [4.78, 5) is 4.32. The minimum absolute atomic E-state index is 0.168. The Morgan fingerprint density at radius 3 is 3.00 bits per heavy atom. The van der Waals surface area contributed by atoms with Crippen LogP contribution in [0.2, 0.25) is 0 Å². The van der Waals surface area contributed by atoms with Crippen molar-refractivity contribution >= 4 is 0 Å². The molecular weight excluding hydrogens is 230 g/mol. The maximum Gasteiger partial charge on any atom is 0.258 e. The van der Waals surface area contributed by atoms with Gasteiger partial charge in [0.15, 0.2) is 5.82 Å². The van der Waals surface area contributed by atoms with Gasteiger partial charge in [0.2, 0.25) is 0 Å². The van der Waals surface area contributed by atoms with Crippen molar-refractivity contribution in [1.29, 1.82) is 0 Å². The van der Waals surface area contributed by atoms with Gasteiger partial charge in [-0.1, -0.05) is 24.6 Å². The third kappa shape index (κ3) is 2.68. The summed E-state index contributed by atoms with van der Waals surface area (Å²) in [5, 5.41) is 3.91. The Morgan fingerprint density at radius 1 is 1.44 bits per heavy atom. The predicted octanol–water partition coefficient (Wildman–Crippen LogP) is 2.55. The molecule has 1 aromatic heterocycles. The zero-order valence-corrected chi connectivity index (χ0v) is 10.6. The maximum atomic E-state index is 5.94. The molecule has 0 spiro atoms. The third-order valence-electron chi connectivity index (χ3n) is 2.69. The van der Waals surface area contributed by atoms with Crippen LogP contribution in [0, 0.1) is 0 Å². The van der Waals surface area contributed by atoms with Crippen molar-refractivity contribution in [3.05, 3.63) is 30.1 Å². The standard InChI is InChI=1S/C13H17N3O2/c1-3-5-11(14)12-15-13(18-16-12)9-6-4-7-10(8-9)17-2/h4,6-8,11H,3,5,14H2,1-2H3. The van der Waals surface area contributed by atoms with E-state index in [1.54, 1.807) is 7.11 Å². The first-order valence-electron chi connectivity index (χ1n) is 5.98. The summed E-state index contributed by atoms with van der Waals surface area (Å²) in [6.07, 6.45) is 1.83. The second-order valence-corrected chi connectivity index (χ2v) is 4.08. The molecule has 5 heteroatoms. The number of methoxy groups -OCH3 is 1. The second kappa shape index (κ2) is 5.64. The monoisotopic (exact) mass is 247 g/mol. The fraction of sp³-hybridized carbons (Fsp3) is 0.385. The molecule has 2 rings (SSSR count). The number of hydrogen-bond donors (Lipinski definition) is 1. The van der Waals surface area contributed by atoms with Crippen LogP contribution in [0.3, 0.4) is 0 Å². The van der Waals surface area contributed by atoms with Crippen molar-refractivity contribution in [2.75, 3.05) is 7.11 Å². The minimum Gasteiger partial charge on any atom is -0.497 e. The normalized spacial score (nSPS) is 12.4. The molecular formula is C13H17N3O2. The van der Waals surface area contributed by atoms with Gasteiger partial charge in [0.25, 0.3) is 5.89 Å². The molecule has 5 nitrogen and oxygen atoms in total. The van der Waals surface area contributed by atoms with Gasteiger partial charge in [-0.3, -0.25) is 0 Å². The largest absolute Gasteiger partial charge is 0.497 e. The molecule has 0 aliphatic heterocycles. The molecule has 2 aromatic rings. The van der Waals surface area contributed by atoms with Crippen LogP contribution >= 0.6 is 0 Å². The molecule has 0 aliphatic carbocycles. The molecule has 1 unspecified atom stereocenters. The molecule has 96 valence electrons. The summed E-state index contributed by atoms with van der Waals surface area (Å²) in [6, 6.07) is 7.32. The van der Waals surface area contributed by atoms with E-state index in [4.69, 9.17) is 15.0 Å². The van der Waals surface area contributed by atoms with Crippen LogP contribution in [0.15, 0.2) is 28.8 Å². The zero-order chi connectivity index (χ0) is 13.0. The van der Waals surface area contributed by atoms with Crippen molar-refractivity contribution in [2.45, 2.75) is 25.8 Å². The number of nitrogens with zero attached hydrogens (tertiary/aromatic N) is 2. The summed E-state index contributed by atoms with van der Waals surface area (Å²) in [5.74, 6) is 1.77. The molecule has 1 atom stereocenters. The fourth-order valence-electron chi connectivity index (χ4n) is 1.70. The number of ether oxygens (including phenoxy) is 1. The highest BCUT2D eigenvalue weighted by Crippen LogP contribution is 2.23. The fourth-order valence-corrected chi connectivity index (χ4v) is 1.70. The van der Waals surface area contributed by atoms with Crippen molar-refractivity contribution < 1.29 is 9.26 Å². The van der Waals surface area contributed by atoms with Gasteiger partial charge in [-0.05, 0) is 24.6 Å². The van der Waals surface area contributed by atoms with E-state index in [1.165, 1.54) is 0 Å². The van der Waals surface area contributed by atoms with E-state index in [1.807, 2.05) is 24.3 Å². The predicted molar refractivity (Wildman–Crippen MR) is 68.1 cm³/mol. The lowest BCUT2D eigenvalue weighted by molar-refractivity contribution is 0.409. The number of aromatic nitrogens is 2. The van der Waals surface area contributed by atoms with Crippen molar-refractivity contribution in [3.8, 4) is 17.2 Å². The van der Waals surface area contributed by atoms with Gasteiger partial charge in [-0.15, -0.1) is 0 Å². The van der Waals surface area contributed by atoms with Crippen LogP contribution in [0.1, 0.15) is 31.6 Å². The summed E-state index contributed by atoms with van der Waals surface area (Å²) < 4.78 is 10.4. The van der Waals surface area contributed by atoms with E-state index in [0.717, 1.165) is 24.2 Å². The van der Waals surface area contributed by atoms with Gasteiger partial charge in [-0.25, -0.2) is 0 Å². The lowest BCUT2D eigenvalue weighted by Gasteiger charge is -2.02. The van der Waals surface area contributed by atoms with Gasteiger partial charge in [-0.2, -0.15) is 4.98 Å². The van der Waals surface area contributed by atoms with E-state index < -0.39 is 0 Å². The maximum absolute atomic E-state index is 5.94. The molecule has 0 fully saturated rings. The van der Waals surface area contributed by atoms with E-state index >= 15 is 0 Å². The van der Waals surface area contributed by atoms with E-state index in [2.05, 4.69) is 17.1 Å². The minimum atomic E-state index is -0.168. The first kappa shape index (κ1) is 12.6. The first-order chi connectivity index (χ1) is 8.74. The number of nitrogens with two attached hydrogens (primary N) is 1. The van der Waals surface area contributed by atoms with Crippen LogP contribution in [-0.4, -0.2) is 17.3 Å². The van der Waals surface area contributed by atoms with Crippen LogP contribution in [0.4, 0.5) is 0 Å². The molecule has 0 aliphatic rings. The van der Waals surface area contributed by atoms with E-state index in [0.29, 0.717) is 11.7 Å². The average molecular weight is 247 g/mol. The van der Waals surface area contributed by atoms with Gasteiger partial charge in [0, 0.05) is 5.56 Å². The number of hydrogen-bond acceptors (Lipinski definition) is 5. The molecule has 0 radical (unpaired) electrons. The number of rotatable bonds is 5. The quantitative estimate of drug-likeness (QED) is 0.878. The highest BCUT2D eigenvalue weighted by molar-refractivity contribution is 5.55. The van der Waals surface area contributed by atoms with Crippen molar-refractivity contribution in [2.24, 2.45) is 5.73 Å². The van der Waals surface area contributed by atoms with Crippen molar-refractivity contribution in [1.82, 2.24) is 10.1 Å². The van der Waals surface area contributed by atoms with E-state index in [9.17, 15) is 0 Å². The Hall–Kier alpha value is -1.88. The summed E-state index contributed by atoms with van der Waals surface area (Å²) in [5.41, 5.74) is 6.77. The number of benzene rings is 1. The molecule has 0 bridgehead atoms. The van der Waals surface area contributed by atoms with Crippen LogP contribution in [-0.2, 0) is 0 Å². The van der Waals surface area contributed by atoms with E-state index in [-0.39, 0.29) is 6.04 Å². The van der Waals surface area contributed by atoms with Gasteiger partial charge < -0.3 is 15.0 Å². The second-order valence-electron chi connectivity index (χ2n) is 4.08. The summed E-state index contributed by atoms with van der Waals surface area (Å²) in [6.45, 7) is 2.07. The molecule has 18 heavy (non-hydrogen) atoms. The Balaban J connectivity index is 2.23. The molecule has 1 aromatic carbocycles. The lowest BCUT2D eigenvalue weighted by atomic mass is 10.2. The molecule has 0 saturated heterocycles. The molecule has 1 heterocycles. The van der Waals surface area contributed by atoms with Crippen LogP contribution in [0.5, 0.6) is 5.75 Å². The molecule has 0 amide bonds. The smallest absolute Gasteiger partial charge is 0.258 e. The Morgan fingerprint density at radius 2 is 2.28 bits per heavy atom. The third-order valence-corrected chi connectivity index (χ3v) is 2.69. The lowest BCUT2D eigenvalue weighted by Crippen LogP contribution is -2.11. The van der Waals surface area contributed by atoms with Gasteiger partial charge in [0.05, 0.1) is 13.2 Å². The van der Waals surface area contributed by atoms with Crippen molar-refractivity contribution in [3.63, 3.8) is 0 Å². The molecule has 0 saturated carbocycles. The molecule has 2 N–H and O–H groups in total. The zero-order valence-electron chi connectivity index (χ0n) is 10.6. The summed E-state index contributed by atoms with van der Waals surface area (Å²) >= 11 is 0. The first-order valence-corrected chi connectivity index (χ1v) is 5.98. The highest BCUT2D eigenvalue weighted by atomic mass is 16.5. The Bertz CT molecular complexity index is 510.